The predicted octanol–water partition coefficient (Wildman–Crippen LogP) is 2.15. The first-order valence-electron chi connectivity index (χ1n) is 5.29. The molecule has 0 unspecified atom stereocenters. The molecule has 0 heterocycles. The summed E-state index contributed by atoms with van der Waals surface area (Å²) in [7, 11) is 1.38. The van der Waals surface area contributed by atoms with E-state index in [4.69, 9.17) is 5.11 Å². The monoisotopic (exact) mass is 254 g/mol. The van der Waals surface area contributed by atoms with E-state index in [0.717, 1.165) is 4.90 Å². The number of hydrogen-bond donors (Lipinski definition) is 2. The van der Waals surface area contributed by atoms with Crippen molar-refractivity contribution in [2.24, 2.45) is 0 Å². The van der Waals surface area contributed by atoms with Crippen molar-refractivity contribution < 1.29 is 19.1 Å². The fourth-order valence-electron chi connectivity index (χ4n) is 1.14. The molecule has 0 aliphatic carbocycles. The second-order valence-corrected chi connectivity index (χ2v) is 4.36. The molecule has 0 bridgehead atoms. The third kappa shape index (κ3) is 2.97. The van der Waals surface area contributed by atoms with Crippen molar-refractivity contribution in [2.75, 3.05) is 12.4 Å². The summed E-state index contributed by atoms with van der Waals surface area (Å²) >= 11 is 0. The van der Waals surface area contributed by atoms with Gasteiger partial charge in [0.15, 0.2) is 0 Å². The predicted molar refractivity (Wildman–Crippen MR) is 64.9 cm³/mol. The number of carbonyl (C=O) groups excluding carboxylic acids is 1. The Hall–Kier alpha value is -2.11. The van der Waals surface area contributed by atoms with E-state index >= 15 is 0 Å². The molecule has 0 aromatic heterocycles. The minimum Gasteiger partial charge on any atom is -0.480 e. The van der Waals surface area contributed by atoms with Gasteiger partial charge in [0, 0.05) is 12.7 Å². The SMILES string of the molecule is CN(C(=O)Nc1ccc(F)cc1)C(C)(C)C(=O)O. The Balaban J connectivity index is 2.77. The molecule has 5 nitrogen and oxygen atoms in total. The topological polar surface area (TPSA) is 69.6 Å². The lowest BCUT2D eigenvalue weighted by Gasteiger charge is -2.31. The van der Waals surface area contributed by atoms with Crippen LogP contribution in [0.5, 0.6) is 0 Å². The van der Waals surface area contributed by atoms with Gasteiger partial charge in [-0.25, -0.2) is 14.0 Å². The third-order valence-corrected chi connectivity index (χ3v) is 2.76. The van der Waals surface area contributed by atoms with Crippen molar-refractivity contribution >= 4 is 17.7 Å². The van der Waals surface area contributed by atoms with Gasteiger partial charge in [0.05, 0.1) is 0 Å². The number of likely N-dealkylation sites (N-methyl/N-ethyl adjacent to an activating group) is 1. The molecule has 1 aromatic rings. The van der Waals surface area contributed by atoms with Gasteiger partial charge in [-0.2, -0.15) is 0 Å². The van der Waals surface area contributed by atoms with Crippen LogP contribution in [0.1, 0.15) is 13.8 Å². The first-order chi connectivity index (χ1) is 8.25. The summed E-state index contributed by atoms with van der Waals surface area (Å²) in [6, 6.07) is 4.63. The average molecular weight is 254 g/mol. The van der Waals surface area contributed by atoms with Crippen molar-refractivity contribution in [3.05, 3.63) is 30.1 Å². The Morgan fingerprint density at radius 1 is 1.28 bits per heavy atom. The molecule has 0 atom stereocenters. The van der Waals surface area contributed by atoms with Crippen molar-refractivity contribution in [1.29, 1.82) is 0 Å². The van der Waals surface area contributed by atoms with Gasteiger partial charge in [-0.3, -0.25) is 0 Å². The smallest absolute Gasteiger partial charge is 0.329 e. The summed E-state index contributed by atoms with van der Waals surface area (Å²) in [6.45, 7) is 2.83. The first-order valence-corrected chi connectivity index (χ1v) is 5.29. The molecule has 0 saturated carbocycles. The summed E-state index contributed by atoms with van der Waals surface area (Å²) in [6.07, 6.45) is 0. The molecular weight excluding hydrogens is 239 g/mol. The van der Waals surface area contributed by atoms with Crippen LogP contribution in [-0.4, -0.2) is 34.6 Å². The van der Waals surface area contributed by atoms with Crippen LogP contribution >= 0.6 is 0 Å². The Morgan fingerprint density at radius 3 is 2.22 bits per heavy atom. The van der Waals surface area contributed by atoms with E-state index in [-0.39, 0.29) is 0 Å². The number of carboxylic acids is 1. The van der Waals surface area contributed by atoms with Gasteiger partial charge in [-0.1, -0.05) is 0 Å². The van der Waals surface area contributed by atoms with Crippen molar-refractivity contribution in [2.45, 2.75) is 19.4 Å². The minimum absolute atomic E-state index is 0.398. The van der Waals surface area contributed by atoms with Crippen LogP contribution in [0.3, 0.4) is 0 Å². The number of halogens is 1. The molecule has 0 radical (unpaired) electrons. The van der Waals surface area contributed by atoms with Crippen LogP contribution < -0.4 is 5.32 Å². The van der Waals surface area contributed by atoms with E-state index in [0.29, 0.717) is 5.69 Å². The van der Waals surface area contributed by atoms with Crippen LogP contribution in [0.25, 0.3) is 0 Å². The molecule has 1 rings (SSSR count). The Labute approximate surface area is 104 Å². The molecule has 18 heavy (non-hydrogen) atoms. The number of nitrogens with zero attached hydrogens (tertiary/aromatic N) is 1. The van der Waals surface area contributed by atoms with Crippen LogP contribution in [0.4, 0.5) is 14.9 Å². The number of anilines is 1. The number of benzene rings is 1. The van der Waals surface area contributed by atoms with Crippen LogP contribution in [-0.2, 0) is 4.79 Å². The molecule has 0 fully saturated rings. The Morgan fingerprint density at radius 2 is 1.78 bits per heavy atom. The van der Waals surface area contributed by atoms with Gasteiger partial charge in [-0.15, -0.1) is 0 Å². The maximum absolute atomic E-state index is 12.7. The van der Waals surface area contributed by atoms with Crippen LogP contribution in [0.15, 0.2) is 24.3 Å². The Bertz CT molecular complexity index is 457. The third-order valence-electron chi connectivity index (χ3n) is 2.76. The van der Waals surface area contributed by atoms with E-state index < -0.39 is 23.4 Å². The van der Waals surface area contributed by atoms with E-state index in [1.54, 1.807) is 0 Å². The highest BCUT2D eigenvalue weighted by Gasteiger charge is 2.35. The van der Waals surface area contributed by atoms with Gasteiger partial charge in [0.1, 0.15) is 11.4 Å². The number of carbonyl (C=O) groups is 2. The van der Waals surface area contributed by atoms with Gasteiger partial charge in [0.25, 0.3) is 0 Å². The zero-order valence-electron chi connectivity index (χ0n) is 10.4. The second-order valence-electron chi connectivity index (χ2n) is 4.36. The zero-order valence-corrected chi connectivity index (χ0v) is 10.4. The van der Waals surface area contributed by atoms with E-state index in [1.165, 1.54) is 45.2 Å². The maximum atomic E-state index is 12.7. The molecule has 0 aliphatic rings. The van der Waals surface area contributed by atoms with E-state index in [9.17, 15) is 14.0 Å². The quantitative estimate of drug-likeness (QED) is 0.868. The number of urea groups is 1. The van der Waals surface area contributed by atoms with Crippen LogP contribution in [0, 0.1) is 5.82 Å². The normalized spacial score (nSPS) is 10.9. The maximum Gasteiger partial charge on any atom is 0.329 e. The lowest BCUT2D eigenvalue weighted by Crippen LogP contribution is -2.52. The number of carboxylic acid groups (broad SMARTS) is 1. The lowest BCUT2D eigenvalue weighted by molar-refractivity contribution is -0.146. The number of hydrogen-bond acceptors (Lipinski definition) is 2. The first kappa shape index (κ1) is 14.0. The molecule has 0 saturated heterocycles. The highest BCUT2D eigenvalue weighted by molar-refractivity contribution is 5.93. The number of aliphatic carboxylic acids is 1. The second kappa shape index (κ2) is 5.03. The van der Waals surface area contributed by atoms with Crippen molar-refractivity contribution in [3.63, 3.8) is 0 Å². The lowest BCUT2D eigenvalue weighted by atomic mass is 10.1. The average Bonchev–Trinajstić information content (AvgIpc) is 2.30. The molecule has 98 valence electrons. The molecule has 2 amide bonds. The molecule has 1 aromatic carbocycles. The van der Waals surface area contributed by atoms with Gasteiger partial charge < -0.3 is 15.3 Å². The fourth-order valence-corrected chi connectivity index (χ4v) is 1.14. The number of nitrogens with one attached hydrogen (secondary N) is 1. The largest absolute Gasteiger partial charge is 0.480 e. The van der Waals surface area contributed by atoms with Crippen LogP contribution in [0.2, 0.25) is 0 Å². The van der Waals surface area contributed by atoms with Crippen molar-refractivity contribution in [1.82, 2.24) is 4.90 Å². The summed E-state index contributed by atoms with van der Waals surface area (Å²) in [5.41, 5.74) is -0.932. The summed E-state index contributed by atoms with van der Waals surface area (Å²) < 4.78 is 12.7. The van der Waals surface area contributed by atoms with Crippen molar-refractivity contribution in [3.8, 4) is 0 Å². The van der Waals surface area contributed by atoms with E-state index in [2.05, 4.69) is 5.32 Å². The fraction of sp³-hybridized carbons (Fsp3) is 0.333. The molecule has 6 heteroatoms. The number of amides is 2. The molecule has 0 aliphatic heterocycles. The standard InChI is InChI=1S/C12H15FN2O3/c1-12(2,10(16)17)15(3)11(18)14-9-6-4-8(13)5-7-9/h4-7H,1-3H3,(H,14,18)(H,16,17). The highest BCUT2D eigenvalue weighted by atomic mass is 19.1. The molecule has 0 spiro atoms. The zero-order chi connectivity index (χ0) is 13.9. The highest BCUT2D eigenvalue weighted by Crippen LogP contribution is 2.15. The van der Waals surface area contributed by atoms with Gasteiger partial charge >= 0.3 is 12.0 Å². The molecule has 2 N–H and O–H groups in total. The van der Waals surface area contributed by atoms with E-state index in [1.807, 2.05) is 0 Å². The summed E-state index contributed by atoms with van der Waals surface area (Å²) in [4.78, 5) is 23.9. The van der Waals surface area contributed by atoms with Gasteiger partial charge in [-0.05, 0) is 38.1 Å². The minimum atomic E-state index is -1.33. The van der Waals surface area contributed by atoms with Gasteiger partial charge in [0.2, 0.25) is 0 Å². The Kier molecular flexibility index (Phi) is 3.90. The molecular formula is C12H15FN2O3. The summed E-state index contributed by atoms with van der Waals surface area (Å²) in [5, 5.41) is 11.5. The summed E-state index contributed by atoms with van der Waals surface area (Å²) in [5.74, 6) is -1.52. The number of rotatable bonds is 3.